The van der Waals surface area contributed by atoms with Crippen LogP contribution >= 0.6 is 11.6 Å². The van der Waals surface area contributed by atoms with Gasteiger partial charge in [-0.2, -0.15) is 0 Å². The fourth-order valence-corrected chi connectivity index (χ4v) is 2.42. The van der Waals surface area contributed by atoms with E-state index < -0.39 is 6.04 Å². The van der Waals surface area contributed by atoms with Gasteiger partial charge >= 0.3 is 0 Å². The second-order valence-corrected chi connectivity index (χ2v) is 4.86. The number of methoxy groups -OCH3 is 3. The summed E-state index contributed by atoms with van der Waals surface area (Å²) in [4.78, 5) is 0. The van der Waals surface area contributed by atoms with Crippen molar-refractivity contribution in [1.29, 1.82) is 0 Å². The van der Waals surface area contributed by atoms with Gasteiger partial charge in [-0.05, 0) is 29.8 Å². The number of nitrogens with two attached hydrogens (primary N) is 1. The van der Waals surface area contributed by atoms with Gasteiger partial charge in [0.05, 0.1) is 38.0 Å². The summed E-state index contributed by atoms with van der Waals surface area (Å²) >= 11 is 6.05. The zero-order valence-corrected chi connectivity index (χ0v) is 13.0. The number of halogens is 1. The Balaban J connectivity index is 2.51. The molecular weight excluding hydrogens is 290 g/mol. The smallest absolute Gasteiger partial charge is 0.137 e. The molecule has 0 aliphatic carbocycles. The first-order valence-corrected chi connectivity index (χ1v) is 6.80. The molecule has 0 bridgehead atoms. The van der Waals surface area contributed by atoms with Crippen LogP contribution in [0.3, 0.4) is 0 Å². The molecule has 21 heavy (non-hydrogen) atoms. The van der Waals surface area contributed by atoms with E-state index in [-0.39, 0.29) is 0 Å². The summed E-state index contributed by atoms with van der Waals surface area (Å²) in [5, 5.41) is 0.542. The van der Waals surface area contributed by atoms with Gasteiger partial charge in [0, 0.05) is 0 Å². The van der Waals surface area contributed by atoms with Crippen molar-refractivity contribution in [2.24, 2.45) is 5.73 Å². The fourth-order valence-electron chi connectivity index (χ4n) is 2.22. The van der Waals surface area contributed by atoms with Crippen molar-refractivity contribution in [1.82, 2.24) is 0 Å². The quantitative estimate of drug-likeness (QED) is 0.919. The lowest BCUT2D eigenvalue weighted by Crippen LogP contribution is -2.14. The van der Waals surface area contributed by atoms with E-state index in [4.69, 9.17) is 31.5 Å². The van der Waals surface area contributed by atoms with E-state index in [0.717, 1.165) is 11.1 Å². The first-order chi connectivity index (χ1) is 10.1. The lowest BCUT2D eigenvalue weighted by Gasteiger charge is -2.20. The van der Waals surface area contributed by atoms with Crippen molar-refractivity contribution < 1.29 is 14.2 Å². The molecule has 2 aromatic rings. The Hall–Kier alpha value is -1.91. The fraction of sp³-hybridized carbons (Fsp3) is 0.250. The monoisotopic (exact) mass is 307 g/mol. The molecule has 0 aromatic heterocycles. The second-order valence-electron chi connectivity index (χ2n) is 4.45. The van der Waals surface area contributed by atoms with E-state index in [1.165, 1.54) is 0 Å². The number of ether oxygens (including phenoxy) is 3. The Morgan fingerprint density at radius 2 is 1.48 bits per heavy atom. The molecule has 0 fully saturated rings. The van der Waals surface area contributed by atoms with Crippen LogP contribution in [0.2, 0.25) is 5.02 Å². The zero-order chi connectivity index (χ0) is 15.4. The summed E-state index contributed by atoms with van der Waals surface area (Å²) in [5.41, 5.74) is 8.03. The molecule has 0 saturated heterocycles. The van der Waals surface area contributed by atoms with Crippen LogP contribution in [-0.4, -0.2) is 21.3 Å². The maximum absolute atomic E-state index is 6.38. The number of benzene rings is 2. The third-order valence-corrected chi connectivity index (χ3v) is 3.62. The Labute approximate surface area is 129 Å². The highest BCUT2D eigenvalue weighted by Crippen LogP contribution is 2.37. The van der Waals surface area contributed by atoms with Crippen LogP contribution in [0, 0.1) is 0 Å². The molecule has 0 radical (unpaired) electrons. The molecule has 1 atom stereocenters. The van der Waals surface area contributed by atoms with Gasteiger partial charge in [0.25, 0.3) is 0 Å². The second kappa shape index (κ2) is 6.70. The molecule has 2 rings (SSSR count). The Morgan fingerprint density at radius 1 is 0.905 bits per heavy atom. The van der Waals surface area contributed by atoms with Crippen LogP contribution in [0.15, 0.2) is 36.4 Å². The SMILES string of the molecule is COc1cc(C(N)c2c(OC)cccc2OC)ccc1Cl. The van der Waals surface area contributed by atoms with Gasteiger partial charge in [-0.3, -0.25) is 0 Å². The molecular formula is C16H18ClNO3. The van der Waals surface area contributed by atoms with Gasteiger partial charge in [0.1, 0.15) is 17.2 Å². The summed E-state index contributed by atoms with van der Waals surface area (Å²) in [6.45, 7) is 0. The summed E-state index contributed by atoms with van der Waals surface area (Å²) < 4.78 is 16.0. The van der Waals surface area contributed by atoms with E-state index in [1.54, 1.807) is 27.4 Å². The molecule has 0 heterocycles. The summed E-state index contributed by atoms with van der Waals surface area (Å²) in [6.07, 6.45) is 0. The van der Waals surface area contributed by atoms with Crippen LogP contribution in [0.5, 0.6) is 17.2 Å². The summed E-state index contributed by atoms with van der Waals surface area (Å²) in [6, 6.07) is 10.6. The van der Waals surface area contributed by atoms with Gasteiger partial charge in [-0.15, -0.1) is 0 Å². The van der Waals surface area contributed by atoms with Crippen LogP contribution in [0.25, 0.3) is 0 Å². The third kappa shape index (κ3) is 3.06. The zero-order valence-electron chi connectivity index (χ0n) is 12.2. The first-order valence-electron chi connectivity index (χ1n) is 6.42. The van der Waals surface area contributed by atoms with Crippen molar-refractivity contribution >= 4 is 11.6 Å². The molecule has 112 valence electrons. The number of hydrogen-bond acceptors (Lipinski definition) is 4. The van der Waals surface area contributed by atoms with Crippen LogP contribution in [-0.2, 0) is 0 Å². The van der Waals surface area contributed by atoms with Gasteiger partial charge in [-0.1, -0.05) is 23.7 Å². The van der Waals surface area contributed by atoms with Crippen molar-refractivity contribution in [3.05, 3.63) is 52.5 Å². The van der Waals surface area contributed by atoms with E-state index in [9.17, 15) is 0 Å². The summed E-state index contributed by atoms with van der Waals surface area (Å²) in [7, 11) is 4.78. The Morgan fingerprint density at radius 3 is 2.00 bits per heavy atom. The Bertz CT molecular complexity index is 609. The first kappa shape index (κ1) is 15.5. The average molecular weight is 308 g/mol. The summed E-state index contributed by atoms with van der Waals surface area (Å²) in [5.74, 6) is 1.94. The number of rotatable bonds is 5. The van der Waals surface area contributed by atoms with Gasteiger partial charge in [0.15, 0.2) is 0 Å². The molecule has 0 spiro atoms. The molecule has 0 amide bonds. The lowest BCUT2D eigenvalue weighted by molar-refractivity contribution is 0.382. The minimum absolute atomic E-state index is 0.415. The van der Waals surface area contributed by atoms with E-state index in [1.807, 2.05) is 30.3 Å². The van der Waals surface area contributed by atoms with Gasteiger partial charge in [-0.25, -0.2) is 0 Å². The van der Waals surface area contributed by atoms with Gasteiger partial charge in [0.2, 0.25) is 0 Å². The molecule has 0 aliphatic heterocycles. The lowest BCUT2D eigenvalue weighted by atomic mass is 9.97. The predicted molar refractivity (Wildman–Crippen MR) is 83.6 cm³/mol. The van der Waals surface area contributed by atoms with Crippen molar-refractivity contribution in [3.63, 3.8) is 0 Å². The normalized spacial score (nSPS) is 11.9. The molecule has 1 unspecified atom stereocenters. The van der Waals surface area contributed by atoms with Crippen molar-refractivity contribution in [2.45, 2.75) is 6.04 Å². The van der Waals surface area contributed by atoms with E-state index >= 15 is 0 Å². The van der Waals surface area contributed by atoms with Crippen LogP contribution < -0.4 is 19.9 Å². The molecule has 2 N–H and O–H groups in total. The third-order valence-electron chi connectivity index (χ3n) is 3.31. The van der Waals surface area contributed by atoms with Gasteiger partial charge < -0.3 is 19.9 Å². The Kier molecular flexibility index (Phi) is 4.94. The van der Waals surface area contributed by atoms with E-state index in [0.29, 0.717) is 22.3 Å². The molecule has 0 aliphatic rings. The molecule has 5 heteroatoms. The highest BCUT2D eigenvalue weighted by Gasteiger charge is 2.20. The maximum atomic E-state index is 6.38. The van der Waals surface area contributed by atoms with Crippen molar-refractivity contribution in [2.75, 3.05) is 21.3 Å². The molecule has 4 nitrogen and oxygen atoms in total. The molecule has 0 saturated carbocycles. The maximum Gasteiger partial charge on any atom is 0.137 e. The van der Waals surface area contributed by atoms with E-state index in [2.05, 4.69) is 0 Å². The number of hydrogen-bond donors (Lipinski definition) is 1. The van der Waals surface area contributed by atoms with Crippen LogP contribution in [0.1, 0.15) is 17.2 Å². The predicted octanol–water partition coefficient (Wildman–Crippen LogP) is 3.41. The highest BCUT2D eigenvalue weighted by molar-refractivity contribution is 6.32. The largest absolute Gasteiger partial charge is 0.496 e. The average Bonchev–Trinajstić information content (AvgIpc) is 2.53. The standard InChI is InChI=1S/C16H18ClNO3/c1-19-12-5-4-6-13(20-2)15(12)16(18)10-7-8-11(17)14(9-10)21-3/h4-9,16H,18H2,1-3H3. The molecule has 2 aromatic carbocycles. The highest BCUT2D eigenvalue weighted by atomic mass is 35.5. The van der Waals surface area contributed by atoms with Crippen LogP contribution in [0.4, 0.5) is 0 Å². The topological polar surface area (TPSA) is 53.7 Å². The minimum Gasteiger partial charge on any atom is -0.496 e. The van der Waals surface area contributed by atoms with Crippen molar-refractivity contribution in [3.8, 4) is 17.2 Å². The minimum atomic E-state index is -0.415.